The van der Waals surface area contributed by atoms with E-state index < -0.39 is 14.2 Å². The van der Waals surface area contributed by atoms with E-state index >= 15 is 0 Å². The highest BCUT2D eigenvalue weighted by Gasteiger charge is 2.11. The summed E-state index contributed by atoms with van der Waals surface area (Å²) >= 11 is 0. The van der Waals surface area contributed by atoms with Crippen LogP contribution in [0.5, 0.6) is 0 Å². The summed E-state index contributed by atoms with van der Waals surface area (Å²) < 4.78 is 5.06. The molecule has 0 spiro atoms. The van der Waals surface area contributed by atoms with Crippen molar-refractivity contribution in [2.75, 3.05) is 13.3 Å². The first kappa shape index (κ1) is 11.4. The molecule has 0 radical (unpaired) electrons. The van der Waals surface area contributed by atoms with Gasteiger partial charge in [0.2, 0.25) is 0 Å². The van der Waals surface area contributed by atoms with Gasteiger partial charge in [-0.25, -0.2) is 4.79 Å². The fraction of sp³-hybridized carbons (Fsp3) is 0.857. The average Bonchev–Trinajstić information content (AvgIpc) is 1.83. The number of nitrogens with one attached hydrogen (secondary N) is 1. The summed E-state index contributed by atoms with van der Waals surface area (Å²) in [5.74, 6) is 0. The van der Waals surface area contributed by atoms with E-state index in [4.69, 9.17) is 9.84 Å². The van der Waals surface area contributed by atoms with Crippen LogP contribution in [0.15, 0.2) is 0 Å². The van der Waals surface area contributed by atoms with E-state index in [1.807, 2.05) is 0 Å². The number of ether oxygens (including phenoxy) is 1. The molecule has 0 aliphatic rings. The van der Waals surface area contributed by atoms with E-state index in [0.29, 0.717) is 6.61 Å². The minimum absolute atomic E-state index is 0.0970. The van der Waals surface area contributed by atoms with Crippen LogP contribution >= 0.6 is 0 Å². The summed E-state index contributed by atoms with van der Waals surface area (Å²) in [6.07, 6.45) is -1.04. The Kier molecular flexibility index (Phi) is 4.92. The summed E-state index contributed by atoms with van der Waals surface area (Å²) in [7, 11) is -1.03. The quantitative estimate of drug-likeness (QED) is 0.394. The lowest BCUT2D eigenvalue weighted by Gasteiger charge is -2.14. The normalized spacial score (nSPS) is 11.2. The van der Waals surface area contributed by atoms with Gasteiger partial charge in [0.25, 0.3) is 0 Å². The standard InChI is InChI=1S/C7H17NO3Si/c1-12(2,3)5-4-11-6-8-7(9)10/h8H,4-6H2,1-3H3,(H,9,10). The summed E-state index contributed by atoms with van der Waals surface area (Å²) in [5, 5.41) is 10.3. The second-order valence-corrected chi connectivity index (χ2v) is 9.47. The number of rotatable bonds is 5. The topological polar surface area (TPSA) is 58.6 Å². The van der Waals surface area contributed by atoms with Crippen molar-refractivity contribution in [2.45, 2.75) is 25.7 Å². The zero-order chi connectivity index (χ0) is 9.61. The van der Waals surface area contributed by atoms with Crippen LogP contribution in [0.3, 0.4) is 0 Å². The lowest BCUT2D eigenvalue weighted by atomic mass is 10.8. The predicted molar refractivity (Wildman–Crippen MR) is 50.1 cm³/mol. The van der Waals surface area contributed by atoms with E-state index in [0.717, 1.165) is 6.04 Å². The second-order valence-electron chi connectivity index (χ2n) is 3.85. The van der Waals surface area contributed by atoms with E-state index in [9.17, 15) is 4.79 Å². The molecule has 0 saturated heterocycles. The van der Waals surface area contributed by atoms with Crippen molar-refractivity contribution in [3.05, 3.63) is 0 Å². The molecule has 0 bridgehead atoms. The average molecular weight is 191 g/mol. The largest absolute Gasteiger partial charge is 0.465 e. The Hall–Kier alpha value is -0.553. The predicted octanol–water partition coefficient (Wildman–Crippen LogP) is 1.57. The highest BCUT2D eigenvalue weighted by Crippen LogP contribution is 2.06. The minimum Gasteiger partial charge on any atom is -0.465 e. The number of carbonyl (C=O) groups is 1. The molecule has 0 heterocycles. The van der Waals surface area contributed by atoms with Gasteiger partial charge in [0.05, 0.1) is 0 Å². The summed E-state index contributed by atoms with van der Waals surface area (Å²) in [5.41, 5.74) is 0. The Labute approximate surface area is 73.9 Å². The highest BCUT2D eigenvalue weighted by atomic mass is 28.3. The SMILES string of the molecule is C[Si](C)(C)CCOCNC(=O)O. The Bertz CT molecular complexity index is 144. The van der Waals surface area contributed by atoms with Gasteiger partial charge in [-0.2, -0.15) is 0 Å². The monoisotopic (exact) mass is 191 g/mol. The molecular weight excluding hydrogens is 174 g/mol. The Morgan fingerprint density at radius 3 is 2.50 bits per heavy atom. The van der Waals surface area contributed by atoms with Crippen LogP contribution in [-0.4, -0.2) is 32.6 Å². The van der Waals surface area contributed by atoms with Crippen molar-refractivity contribution < 1.29 is 14.6 Å². The van der Waals surface area contributed by atoms with E-state index in [2.05, 4.69) is 25.0 Å². The van der Waals surface area contributed by atoms with E-state index in [1.54, 1.807) is 0 Å². The van der Waals surface area contributed by atoms with Gasteiger partial charge in [-0.15, -0.1) is 0 Å². The molecule has 12 heavy (non-hydrogen) atoms. The summed E-state index contributed by atoms with van der Waals surface area (Å²) in [6.45, 7) is 7.50. The first-order chi connectivity index (χ1) is 5.42. The molecule has 0 rings (SSSR count). The van der Waals surface area contributed by atoms with Crippen molar-refractivity contribution in [1.82, 2.24) is 5.32 Å². The first-order valence-electron chi connectivity index (χ1n) is 3.96. The number of hydrogen-bond acceptors (Lipinski definition) is 2. The van der Waals surface area contributed by atoms with E-state index in [1.165, 1.54) is 0 Å². The maximum atomic E-state index is 9.98. The fourth-order valence-electron chi connectivity index (χ4n) is 0.563. The van der Waals surface area contributed by atoms with Gasteiger partial charge in [0.15, 0.2) is 0 Å². The smallest absolute Gasteiger partial charge is 0.406 e. The first-order valence-corrected chi connectivity index (χ1v) is 7.67. The molecule has 0 atom stereocenters. The van der Waals surface area contributed by atoms with Crippen LogP contribution in [0.4, 0.5) is 4.79 Å². The molecule has 5 heteroatoms. The molecular formula is C7H17NO3Si. The van der Waals surface area contributed by atoms with E-state index in [-0.39, 0.29) is 6.73 Å². The lowest BCUT2D eigenvalue weighted by Crippen LogP contribution is -2.27. The fourth-order valence-corrected chi connectivity index (χ4v) is 1.32. The Balaban J connectivity index is 3.17. The van der Waals surface area contributed by atoms with Crippen LogP contribution in [0, 0.1) is 0 Å². The lowest BCUT2D eigenvalue weighted by molar-refractivity contribution is 0.119. The van der Waals surface area contributed by atoms with Crippen molar-refractivity contribution in [3.8, 4) is 0 Å². The Morgan fingerprint density at radius 2 is 2.08 bits per heavy atom. The minimum atomic E-state index is -1.04. The summed E-state index contributed by atoms with van der Waals surface area (Å²) in [4.78, 5) is 9.98. The molecule has 0 unspecified atom stereocenters. The van der Waals surface area contributed by atoms with Crippen LogP contribution in [-0.2, 0) is 4.74 Å². The van der Waals surface area contributed by atoms with Gasteiger partial charge in [-0.1, -0.05) is 19.6 Å². The molecule has 4 nitrogen and oxygen atoms in total. The van der Waals surface area contributed by atoms with Gasteiger partial charge in [0, 0.05) is 14.7 Å². The van der Waals surface area contributed by atoms with Crippen LogP contribution in [0.25, 0.3) is 0 Å². The number of hydrogen-bond donors (Lipinski definition) is 2. The zero-order valence-corrected chi connectivity index (χ0v) is 8.89. The Morgan fingerprint density at radius 1 is 1.50 bits per heavy atom. The molecule has 0 fully saturated rings. The third-order valence-electron chi connectivity index (χ3n) is 1.32. The molecule has 0 aromatic rings. The van der Waals surface area contributed by atoms with Gasteiger partial charge in [0.1, 0.15) is 6.73 Å². The van der Waals surface area contributed by atoms with Gasteiger partial charge < -0.3 is 9.84 Å². The van der Waals surface area contributed by atoms with Crippen molar-refractivity contribution in [2.24, 2.45) is 0 Å². The maximum Gasteiger partial charge on any atom is 0.406 e. The van der Waals surface area contributed by atoms with Gasteiger partial charge >= 0.3 is 6.09 Å². The summed E-state index contributed by atoms with van der Waals surface area (Å²) in [6, 6.07) is 1.06. The van der Waals surface area contributed by atoms with Crippen molar-refractivity contribution >= 4 is 14.2 Å². The molecule has 1 amide bonds. The molecule has 0 aromatic heterocycles. The van der Waals surface area contributed by atoms with Gasteiger partial charge in [-0.05, 0) is 6.04 Å². The molecule has 72 valence electrons. The molecule has 0 aliphatic carbocycles. The number of amides is 1. The molecule has 2 N–H and O–H groups in total. The number of carboxylic acid groups (broad SMARTS) is 1. The third-order valence-corrected chi connectivity index (χ3v) is 3.03. The highest BCUT2D eigenvalue weighted by molar-refractivity contribution is 6.76. The van der Waals surface area contributed by atoms with Crippen molar-refractivity contribution in [1.29, 1.82) is 0 Å². The van der Waals surface area contributed by atoms with Crippen LogP contribution in [0.2, 0.25) is 25.7 Å². The molecule has 0 aliphatic heterocycles. The van der Waals surface area contributed by atoms with Crippen LogP contribution in [0.1, 0.15) is 0 Å². The molecule has 0 aromatic carbocycles. The molecule has 0 saturated carbocycles. The van der Waals surface area contributed by atoms with Crippen molar-refractivity contribution in [3.63, 3.8) is 0 Å². The zero-order valence-electron chi connectivity index (χ0n) is 7.89. The third kappa shape index (κ3) is 9.45. The maximum absolute atomic E-state index is 9.98. The van der Waals surface area contributed by atoms with Crippen LogP contribution < -0.4 is 5.32 Å². The van der Waals surface area contributed by atoms with Gasteiger partial charge in [-0.3, -0.25) is 5.32 Å². The second kappa shape index (κ2) is 5.16.